The van der Waals surface area contributed by atoms with Crippen molar-refractivity contribution in [3.63, 3.8) is 0 Å². The van der Waals surface area contributed by atoms with Gasteiger partial charge in [-0.15, -0.1) is 0 Å². The van der Waals surface area contributed by atoms with E-state index in [1.807, 2.05) is 6.20 Å². The maximum atomic E-state index is 4.80. The molecule has 240 valence electrons. The summed E-state index contributed by atoms with van der Waals surface area (Å²) in [7, 11) is 0. The lowest BCUT2D eigenvalue weighted by Gasteiger charge is -2.13. The highest BCUT2D eigenvalue weighted by Crippen LogP contribution is 2.49. The van der Waals surface area contributed by atoms with E-state index in [2.05, 4.69) is 179 Å². The monoisotopic (exact) mass is 659 g/mol. The minimum absolute atomic E-state index is 1.15. The molecule has 3 heteroatoms. The summed E-state index contributed by atoms with van der Waals surface area (Å²) in [5, 5.41) is 9.99. The van der Waals surface area contributed by atoms with Crippen LogP contribution in [0.2, 0.25) is 0 Å². The summed E-state index contributed by atoms with van der Waals surface area (Å²) in [6.45, 7) is 0. The standard InChI is InChI=1S/C49H29N3/c1-2-11-33(12-3-1)51-43-17-9-8-16-37(43)39-26-31(19-22-44(39)51)32-20-23-45-40(27-32)49-34-13-5-4-10-30(34)18-24-47(49)52(45)46-25-21-38-35-14-6-7-15-36(35)41-28-50-29-42(46)48(38)41/h1-29H. The predicted molar refractivity (Wildman–Crippen MR) is 218 cm³/mol. The van der Waals surface area contributed by atoms with Gasteiger partial charge >= 0.3 is 0 Å². The molecule has 0 atom stereocenters. The zero-order valence-corrected chi connectivity index (χ0v) is 28.1. The molecule has 3 nitrogen and oxygen atoms in total. The molecule has 0 unspecified atom stereocenters. The number of hydrogen-bond donors (Lipinski definition) is 0. The maximum absolute atomic E-state index is 4.80. The van der Waals surface area contributed by atoms with E-state index < -0.39 is 0 Å². The molecular formula is C49H29N3. The Morgan fingerprint density at radius 3 is 1.85 bits per heavy atom. The van der Waals surface area contributed by atoms with Gasteiger partial charge in [-0.1, -0.05) is 109 Å². The predicted octanol–water partition coefficient (Wildman–Crippen LogP) is 12.9. The van der Waals surface area contributed by atoms with Crippen molar-refractivity contribution >= 4 is 65.2 Å². The molecule has 8 aromatic carbocycles. The van der Waals surface area contributed by atoms with Crippen LogP contribution in [0.5, 0.6) is 0 Å². The first-order chi connectivity index (χ1) is 25.8. The Morgan fingerprint density at radius 2 is 1.00 bits per heavy atom. The van der Waals surface area contributed by atoms with E-state index in [0.717, 1.165) is 5.69 Å². The van der Waals surface area contributed by atoms with Crippen LogP contribution in [0.15, 0.2) is 176 Å². The number of pyridine rings is 1. The third kappa shape index (κ3) is 3.66. The summed E-state index contributed by atoms with van der Waals surface area (Å²) < 4.78 is 4.84. The van der Waals surface area contributed by atoms with Crippen LogP contribution in [0.4, 0.5) is 0 Å². The van der Waals surface area contributed by atoms with Gasteiger partial charge in [0.25, 0.3) is 0 Å². The van der Waals surface area contributed by atoms with Crippen molar-refractivity contribution < 1.29 is 0 Å². The van der Waals surface area contributed by atoms with E-state index >= 15 is 0 Å². The molecule has 12 rings (SSSR count). The Kier molecular flexibility index (Phi) is 5.50. The van der Waals surface area contributed by atoms with Gasteiger partial charge in [0.05, 0.1) is 27.8 Å². The number of nitrogens with zero attached hydrogens (tertiary/aromatic N) is 3. The summed E-state index contributed by atoms with van der Waals surface area (Å²) in [4.78, 5) is 4.80. The lowest BCUT2D eigenvalue weighted by atomic mass is 9.99. The van der Waals surface area contributed by atoms with Crippen LogP contribution in [0.25, 0.3) is 110 Å². The topological polar surface area (TPSA) is 22.8 Å². The average molecular weight is 660 g/mol. The molecule has 3 heterocycles. The van der Waals surface area contributed by atoms with Crippen LogP contribution in [0.1, 0.15) is 0 Å². The van der Waals surface area contributed by atoms with Crippen LogP contribution in [0.3, 0.4) is 0 Å². The fourth-order valence-electron chi connectivity index (χ4n) is 9.09. The van der Waals surface area contributed by atoms with E-state index in [4.69, 9.17) is 4.98 Å². The molecule has 52 heavy (non-hydrogen) atoms. The molecule has 1 aliphatic rings. The summed E-state index contributed by atoms with van der Waals surface area (Å²) in [5.74, 6) is 0. The second-order valence-electron chi connectivity index (χ2n) is 14.0. The Morgan fingerprint density at radius 1 is 0.346 bits per heavy atom. The fraction of sp³-hybridized carbons (Fsp3) is 0. The van der Waals surface area contributed by atoms with Gasteiger partial charge in [0.15, 0.2) is 0 Å². The molecule has 0 bridgehead atoms. The highest BCUT2D eigenvalue weighted by atomic mass is 15.0. The molecule has 0 N–H and O–H groups in total. The average Bonchev–Trinajstić information content (AvgIpc) is 3.85. The second-order valence-corrected chi connectivity index (χ2v) is 14.0. The molecule has 0 radical (unpaired) electrons. The minimum Gasteiger partial charge on any atom is -0.309 e. The number of benzene rings is 8. The molecule has 1 aliphatic carbocycles. The Hall–Kier alpha value is -6.97. The number of fused-ring (bicyclic) bond motifs is 11. The van der Waals surface area contributed by atoms with E-state index in [9.17, 15) is 0 Å². The Bertz CT molecular complexity index is 3260. The van der Waals surface area contributed by atoms with Gasteiger partial charge in [0, 0.05) is 56.0 Å². The van der Waals surface area contributed by atoms with Crippen molar-refractivity contribution in [3.8, 4) is 44.8 Å². The summed E-state index contributed by atoms with van der Waals surface area (Å²) in [6.07, 6.45) is 4.08. The van der Waals surface area contributed by atoms with Crippen LogP contribution in [-0.4, -0.2) is 14.1 Å². The van der Waals surface area contributed by atoms with Gasteiger partial charge in [-0.2, -0.15) is 0 Å². The van der Waals surface area contributed by atoms with Crippen molar-refractivity contribution in [2.75, 3.05) is 0 Å². The van der Waals surface area contributed by atoms with E-state index in [1.54, 1.807) is 0 Å². The molecule has 3 aromatic heterocycles. The number of hydrogen-bond acceptors (Lipinski definition) is 1. The van der Waals surface area contributed by atoms with E-state index in [0.29, 0.717) is 0 Å². The van der Waals surface area contributed by atoms with Gasteiger partial charge in [-0.3, -0.25) is 4.98 Å². The van der Waals surface area contributed by atoms with Gasteiger partial charge in [-0.25, -0.2) is 0 Å². The fourth-order valence-corrected chi connectivity index (χ4v) is 9.09. The zero-order chi connectivity index (χ0) is 33.9. The lowest BCUT2D eigenvalue weighted by molar-refractivity contribution is 1.18. The largest absolute Gasteiger partial charge is 0.309 e. The van der Waals surface area contributed by atoms with Crippen molar-refractivity contribution in [1.29, 1.82) is 0 Å². The molecule has 0 fully saturated rings. The highest BCUT2D eigenvalue weighted by molar-refractivity contribution is 6.23. The molecule has 0 saturated carbocycles. The van der Waals surface area contributed by atoms with Gasteiger partial charge in [0.1, 0.15) is 0 Å². The van der Waals surface area contributed by atoms with Crippen molar-refractivity contribution in [3.05, 3.63) is 176 Å². The summed E-state index contributed by atoms with van der Waals surface area (Å²) >= 11 is 0. The normalized spacial score (nSPS) is 12.2. The maximum Gasteiger partial charge on any atom is 0.0556 e. The highest BCUT2D eigenvalue weighted by Gasteiger charge is 2.25. The number of aromatic nitrogens is 3. The smallest absolute Gasteiger partial charge is 0.0556 e. The summed E-state index contributed by atoms with van der Waals surface area (Å²) in [5.41, 5.74) is 14.6. The third-order valence-corrected chi connectivity index (χ3v) is 11.3. The van der Waals surface area contributed by atoms with Crippen LogP contribution in [0, 0.1) is 0 Å². The van der Waals surface area contributed by atoms with Gasteiger partial charge in [-0.05, 0) is 93.2 Å². The lowest BCUT2D eigenvalue weighted by Crippen LogP contribution is -1.96. The van der Waals surface area contributed by atoms with Gasteiger partial charge < -0.3 is 9.13 Å². The second kappa shape index (κ2) is 10.3. The third-order valence-electron chi connectivity index (χ3n) is 11.3. The molecular weight excluding hydrogens is 631 g/mol. The van der Waals surface area contributed by atoms with E-state index in [1.165, 1.54) is 104 Å². The van der Waals surface area contributed by atoms with Crippen molar-refractivity contribution in [2.45, 2.75) is 0 Å². The first kappa shape index (κ1) is 27.8. The quantitative estimate of drug-likeness (QED) is 0.185. The van der Waals surface area contributed by atoms with Crippen molar-refractivity contribution in [1.82, 2.24) is 14.1 Å². The van der Waals surface area contributed by atoms with Crippen LogP contribution < -0.4 is 0 Å². The van der Waals surface area contributed by atoms with Crippen molar-refractivity contribution in [2.24, 2.45) is 0 Å². The Labute approximate surface area is 299 Å². The minimum atomic E-state index is 1.15. The zero-order valence-electron chi connectivity index (χ0n) is 28.1. The summed E-state index contributed by atoms with van der Waals surface area (Å²) in [6, 6.07) is 60.0. The first-order valence-corrected chi connectivity index (χ1v) is 17.9. The SMILES string of the molecule is c1ccc(-n2c3ccccc3c3cc(-c4ccc5c(c4)c4c6ccccc6ccc4n5-c4ccc5c6c(cncc46)-c4ccccc4-5)ccc32)cc1. The van der Waals surface area contributed by atoms with E-state index in [-0.39, 0.29) is 0 Å². The Balaban J connectivity index is 1.13. The van der Waals surface area contributed by atoms with Crippen LogP contribution >= 0.6 is 0 Å². The number of para-hydroxylation sites is 2. The molecule has 0 aliphatic heterocycles. The van der Waals surface area contributed by atoms with Crippen LogP contribution in [-0.2, 0) is 0 Å². The van der Waals surface area contributed by atoms with Gasteiger partial charge in [0.2, 0.25) is 0 Å². The molecule has 0 saturated heterocycles. The first-order valence-electron chi connectivity index (χ1n) is 17.9. The number of rotatable bonds is 3. The molecule has 0 amide bonds. The molecule has 11 aromatic rings. The molecule has 0 spiro atoms.